The van der Waals surface area contributed by atoms with E-state index in [0.29, 0.717) is 5.92 Å². The van der Waals surface area contributed by atoms with Crippen molar-refractivity contribution in [1.29, 1.82) is 0 Å². The second kappa shape index (κ2) is 14.2. The molecular weight excluding hydrogens is 761 g/mol. The molecule has 0 bridgehead atoms. The molecule has 4 aliphatic carbocycles. The van der Waals surface area contributed by atoms with E-state index < -0.39 is 0 Å². The Morgan fingerprint density at radius 2 is 1.10 bits per heavy atom. The Morgan fingerprint density at radius 1 is 0.492 bits per heavy atom. The highest BCUT2D eigenvalue weighted by molar-refractivity contribution is 6.10. The molecule has 2 nitrogen and oxygen atoms in total. The number of para-hydroxylation sites is 2. The molecule has 2 atom stereocenters. The lowest BCUT2D eigenvalue weighted by molar-refractivity contribution is 0.483. The standard InChI is InChI=1S/C61H44N2/c1-3-15-41(16-4-1)42-27-32-46(33-28-42)62(47-34-29-43(30-35-47)44-31-38-60-54(39-44)53-22-10-14-26-59(53)63(60)45-17-5-2-6-18-45)48-36-37-52-51-21-9-13-25-57(51)61(58(52)40-48)55-23-11-7-19-49(55)50-20-8-12-24-56(50)61/h1-15,17-39,41,58H,16,40H2. The zero-order valence-electron chi connectivity index (χ0n) is 34.9. The molecule has 4 aliphatic rings. The number of benzene rings is 8. The lowest BCUT2D eigenvalue weighted by Gasteiger charge is -2.39. The predicted molar refractivity (Wildman–Crippen MR) is 263 cm³/mol. The maximum atomic E-state index is 2.53. The van der Waals surface area contributed by atoms with Gasteiger partial charge >= 0.3 is 0 Å². The van der Waals surface area contributed by atoms with Crippen LogP contribution in [0.3, 0.4) is 0 Å². The molecule has 13 rings (SSSR count). The molecule has 0 radical (unpaired) electrons. The quantitative estimate of drug-likeness (QED) is 0.163. The highest BCUT2D eigenvalue weighted by atomic mass is 15.1. The minimum Gasteiger partial charge on any atom is -0.314 e. The highest BCUT2D eigenvalue weighted by Gasteiger charge is 2.56. The number of aromatic nitrogens is 1. The van der Waals surface area contributed by atoms with Crippen molar-refractivity contribution < 1.29 is 0 Å². The minimum atomic E-state index is -0.280. The lowest BCUT2D eigenvalue weighted by atomic mass is 9.65. The van der Waals surface area contributed by atoms with Crippen LogP contribution >= 0.6 is 0 Å². The molecule has 1 spiro atoms. The van der Waals surface area contributed by atoms with Crippen molar-refractivity contribution in [2.45, 2.75) is 24.2 Å². The average Bonchev–Trinajstić information content (AvgIpc) is 3.96. The molecule has 9 aromatic rings. The average molecular weight is 805 g/mol. The first kappa shape index (κ1) is 36.0. The highest BCUT2D eigenvalue weighted by Crippen LogP contribution is 2.66. The molecule has 0 saturated heterocycles. The van der Waals surface area contributed by atoms with Crippen LogP contribution in [0.15, 0.2) is 236 Å². The third-order valence-electron chi connectivity index (χ3n) is 14.4. The predicted octanol–water partition coefficient (Wildman–Crippen LogP) is 15.5. The molecular formula is C61H44N2. The largest absolute Gasteiger partial charge is 0.314 e. The van der Waals surface area contributed by atoms with Gasteiger partial charge in [0.1, 0.15) is 0 Å². The number of hydrogen-bond donors (Lipinski definition) is 0. The Labute approximate surface area is 368 Å². The fraction of sp³-hybridized carbons (Fsp3) is 0.0820. The summed E-state index contributed by atoms with van der Waals surface area (Å²) in [5.41, 5.74) is 20.5. The molecule has 8 aromatic carbocycles. The summed E-state index contributed by atoms with van der Waals surface area (Å²) >= 11 is 0. The molecule has 1 heterocycles. The van der Waals surface area contributed by atoms with Crippen molar-refractivity contribution in [3.05, 3.63) is 264 Å². The van der Waals surface area contributed by atoms with E-state index in [1.807, 2.05) is 0 Å². The number of anilines is 2. The molecule has 298 valence electrons. The second-order valence-electron chi connectivity index (χ2n) is 17.5. The van der Waals surface area contributed by atoms with Crippen LogP contribution in [0, 0.1) is 5.92 Å². The maximum absolute atomic E-state index is 2.53. The number of fused-ring (bicyclic) bond motifs is 13. The van der Waals surface area contributed by atoms with Gasteiger partial charge in [-0.05, 0) is 129 Å². The van der Waals surface area contributed by atoms with Gasteiger partial charge in [-0.3, -0.25) is 0 Å². The van der Waals surface area contributed by atoms with E-state index in [4.69, 9.17) is 0 Å². The zero-order chi connectivity index (χ0) is 41.5. The molecule has 0 saturated carbocycles. The summed E-state index contributed by atoms with van der Waals surface area (Å²) in [4.78, 5) is 2.53. The Balaban J connectivity index is 0.930. The van der Waals surface area contributed by atoms with E-state index in [-0.39, 0.29) is 11.3 Å². The van der Waals surface area contributed by atoms with E-state index in [1.54, 1.807) is 0 Å². The summed E-state index contributed by atoms with van der Waals surface area (Å²) in [5, 5.41) is 2.53. The van der Waals surface area contributed by atoms with Crippen molar-refractivity contribution in [3.8, 4) is 27.9 Å². The van der Waals surface area contributed by atoms with Crippen molar-refractivity contribution in [2.75, 3.05) is 4.90 Å². The number of rotatable bonds is 6. The van der Waals surface area contributed by atoms with Crippen molar-refractivity contribution in [1.82, 2.24) is 4.57 Å². The van der Waals surface area contributed by atoms with Crippen LogP contribution in [0.2, 0.25) is 0 Å². The van der Waals surface area contributed by atoms with Crippen LogP contribution in [0.25, 0.3) is 55.3 Å². The summed E-state index contributed by atoms with van der Waals surface area (Å²) in [6.45, 7) is 0. The molecule has 0 N–H and O–H groups in total. The monoisotopic (exact) mass is 804 g/mol. The fourth-order valence-corrected chi connectivity index (χ4v) is 11.7. The van der Waals surface area contributed by atoms with Gasteiger partial charge in [0.15, 0.2) is 0 Å². The van der Waals surface area contributed by atoms with Crippen molar-refractivity contribution >= 4 is 38.8 Å². The van der Waals surface area contributed by atoms with Crippen molar-refractivity contribution in [2.24, 2.45) is 5.92 Å². The second-order valence-corrected chi connectivity index (χ2v) is 17.5. The van der Waals surface area contributed by atoms with Gasteiger partial charge in [-0.25, -0.2) is 0 Å². The molecule has 1 aromatic heterocycles. The van der Waals surface area contributed by atoms with Gasteiger partial charge in [-0.1, -0.05) is 170 Å². The molecule has 0 fully saturated rings. The van der Waals surface area contributed by atoms with E-state index in [9.17, 15) is 0 Å². The van der Waals surface area contributed by atoms with Crippen LogP contribution in [0.1, 0.15) is 46.6 Å². The Morgan fingerprint density at radius 3 is 1.81 bits per heavy atom. The van der Waals surface area contributed by atoms with Crippen LogP contribution in [0.5, 0.6) is 0 Å². The lowest BCUT2D eigenvalue weighted by Crippen LogP contribution is -2.34. The van der Waals surface area contributed by atoms with E-state index in [2.05, 4.69) is 240 Å². The van der Waals surface area contributed by atoms with Crippen LogP contribution in [-0.4, -0.2) is 4.57 Å². The van der Waals surface area contributed by atoms with Gasteiger partial charge in [-0.15, -0.1) is 0 Å². The van der Waals surface area contributed by atoms with Crippen LogP contribution < -0.4 is 4.90 Å². The van der Waals surface area contributed by atoms with Gasteiger partial charge in [-0.2, -0.15) is 0 Å². The molecule has 63 heavy (non-hydrogen) atoms. The zero-order valence-corrected chi connectivity index (χ0v) is 34.9. The summed E-state index contributed by atoms with van der Waals surface area (Å²) < 4.78 is 2.38. The third kappa shape index (κ3) is 5.38. The Kier molecular flexibility index (Phi) is 8.11. The summed E-state index contributed by atoms with van der Waals surface area (Å²) in [6, 6.07) is 72.6. The number of nitrogens with zero attached hydrogens (tertiary/aromatic N) is 2. The van der Waals surface area contributed by atoms with Crippen LogP contribution in [-0.2, 0) is 5.41 Å². The summed E-state index contributed by atoms with van der Waals surface area (Å²) in [7, 11) is 0. The normalized spacial score (nSPS) is 17.6. The smallest absolute Gasteiger partial charge is 0.0541 e. The topological polar surface area (TPSA) is 8.17 Å². The van der Waals surface area contributed by atoms with E-state index in [0.717, 1.165) is 18.5 Å². The van der Waals surface area contributed by atoms with Gasteiger partial charge < -0.3 is 9.47 Å². The third-order valence-corrected chi connectivity index (χ3v) is 14.4. The first-order chi connectivity index (χ1) is 31.3. The van der Waals surface area contributed by atoms with E-state index >= 15 is 0 Å². The van der Waals surface area contributed by atoms with Gasteiger partial charge in [0.2, 0.25) is 0 Å². The van der Waals surface area contributed by atoms with Gasteiger partial charge in [0.25, 0.3) is 0 Å². The maximum Gasteiger partial charge on any atom is 0.0541 e. The Hall–Kier alpha value is -7.68. The van der Waals surface area contributed by atoms with Crippen molar-refractivity contribution in [3.63, 3.8) is 0 Å². The number of hydrogen-bond acceptors (Lipinski definition) is 1. The number of allylic oxidation sites excluding steroid dienone is 8. The first-order valence-corrected chi connectivity index (χ1v) is 22.4. The fourth-order valence-electron chi connectivity index (χ4n) is 11.7. The molecule has 2 heteroatoms. The molecule has 0 aliphatic heterocycles. The van der Waals surface area contributed by atoms with Gasteiger partial charge in [0, 0.05) is 45.4 Å². The minimum absolute atomic E-state index is 0.227. The summed E-state index contributed by atoms with van der Waals surface area (Å²) in [5.74, 6) is 0.624. The first-order valence-electron chi connectivity index (χ1n) is 22.4. The van der Waals surface area contributed by atoms with Gasteiger partial charge in [0.05, 0.1) is 16.4 Å². The SMILES string of the molecule is C1=CCC(c2ccc(N(C3=CC=C4c5ccccc5C5(c6ccccc6-c6ccccc65)C4C3)c3ccc(-c4ccc5c(c4)c4ccccc4n5-c4ccccc4)cc3)cc2)C=C1. The Bertz CT molecular complexity index is 3350. The summed E-state index contributed by atoms with van der Waals surface area (Å²) in [6.07, 6.45) is 15.7. The van der Waals surface area contributed by atoms with Crippen LogP contribution in [0.4, 0.5) is 11.4 Å². The molecule has 2 unspecified atom stereocenters. The van der Waals surface area contributed by atoms with E-state index in [1.165, 1.54) is 94.5 Å². The molecule has 0 amide bonds.